The third kappa shape index (κ3) is 8.50. The van der Waals surface area contributed by atoms with Gasteiger partial charge in [-0.1, -0.05) is 110 Å². The monoisotopic (exact) mass is 648 g/mol. The summed E-state index contributed by atoms with van der Waals surface area (Å²) in [5.74, 6) is 0.132. The number of nitrogens with zero attached hydrogens (tertiary/aromatic N) is 2. The Labute approximate surface area is 284 Å². The van der Waals surface area contributed by atoms with Crippen LogP contribution in [0.15, 0.2) is 103 Å². The van der Waals surface area contributed by atoms with E-state index in [0.717, 1.165) is 72.6 Å². The fraction of sp³-hybridized carbons (Fsp3) is 0.375. The van der Waals surface area contributed by atoms with Crippen LogP contribution in [0.25, 0.3) is 11.1 Å². The number of ether oxygens (including phenoxy) is 2. The van der Waals surface area contributed by atoms with Gasteiger partial charge in [0.05, 0.1) is 18.8 Å². The smallest absolute Gasteiger partial charge is 0.315 e. The SMILES string of the molecule is CCNC(=O)NCc1ccccc1-c1ccc([C@H]2O[C@@H](CN3CCN(Cc4ccccc4)CC3)[C@@H](C)[C@@H](c3ccc(CO)cc3)O2)cc1. The molecule has 48 heavy (non-hydrogen) atoms. The quantitative estimate of drug-likeness (QED) is 0.178. The fourth-order valence-electron chi connectivity index (χ4n) is 6.73. The molecule has 0 bridgehead atoms. The normalized spacial score (nSPS) is 21.9. The highest BCUT2D eigenvalue weighted by Crippen LogP contribution is 2.42. The van der Waals surface area contributed by atoms with E-state index in [9.17, 15) is 9.90 Å². The van der Waals surface area contributed by atoms with E-state index >= 15 is 0 Å². The van der Waals surface area contributed by atoms with Crippen LogP contribution in [-0.2, 0) is 29.2 Å². The highest BCUT2D eigenvalue weighted by atomic mass is 16.7. The van der Waals surface area contributed by atoms with Crippen molar-refractivity contribution < 1.29 is 19.4 Å². The highest BCUT2D eigenvalue weighted by Gasteiger charge is 2.39. The zero-order chi connectivity index (χ0) is 33.3. The van der Waals surface area contributed by atoms with Crippen molar-refractivity contribution in [1.82, 2.24) is 20.4 Å². The Morgan fingerprint density at radius 1 is 0.771 bits per heavy atom. The van der Waals surface area contributed by atoms with Crippen molar-refractivity contribution in [2.75, 3.05) is 39.3 Å². The molecule has 0 spiro atoms. The maximum Gasteiger partial charge on any atom is 0.315 e. The predicted octanol–water partition coefficient (Wildman–Crippen LogP) is 6.27. The van der Waals surface area contributed by atoms with Gasteiger partial charge in [-0.2, -0.15) is 0 Å². The number of aliphatic hydroxyl groups excluding tert-OH is 1. The Balaban J connectivity index is 1.17. The Kier molecular flexibility index (Phi) is 11.5. The fourth-order valence-corrected chi connectivity index (χ4v) is 6.73. The zero-order valence-corrected chi connectivity index (χ0v) is 28.1. The van der Waals surface area contributed by atoms with E-state index in [1.165, 1.54) is 5.56 Å². The number of aliphatic hydroxyl groups is 1. The first kappa shape index (κ1) is 33.8. The third-order valence-corrected chi connectivity index (χ3v) is 9.56. The Morgan fingerprint density at radius 2 is 1.44 bits per heavy atom. The van der Waals surface area contributed by atoms with Crippen LogP contribution in [-0.4, -0.2) is 66.3 Å². The van der Waals surface area contributed by atoms with Crippen LogP contribution in [0.4, 0.5) is 4.79 Å². The molecule has 6 rings (SSSR count). The number of piperazine rings is 1. The van der Waals surface area contributed by atoms with Crippen molar-refractivity contribution in [2.24, 2.45) is 5.92 Å². The summed E-state index contributed by atoms with van der Waals surface area (Å²) in [5.41, 5.74) is 7.50. The molecule has 4 aromatic carbocycles. The average Bonchev–Trinajstić information content (AvgIpc) is 3.13. The summed E-state index contributed by atoms with van der Waals surface area (Å²) in [6.07, 6.45) is -0.689. The van der Waals surface area contributed by atoms with Gasteiger partial charge in [-0.3, -0.25) is 9.80 Å². The van der Waals surface area contributed by atoms with E-state index in [4.69, 9.17) is 9.47 Å². The molecule has 2 saturated heterocycles. The molecule has 4 atom stereocenters. The summed E-state index contributed by atoms with van der Waals surface area (Å²) in [5, 5.41) is 15.4. The van der Waals surface area contributed by atoms with Crippen molar-refractivity contribution in [3.8, 4) is 11.1 Å². The van der Waals surface area contributed by atoms with Crippen molar-refractivity contribution in [1.29, 1.82) is 0 Å². The lowest BCUT2D eigenvalue weighted by molar-refractivity contribution is -0.276. The van der Waals surface area contributed by atoms with Crippen molar-refractivity contribution in [2.45, 2.75) is 52.0 Å². The molecule has 8 heteroatoms. The van der Waals surface area contributed by atoms with Gasteiger partial charge in [-0.15, -0.1) is 0 Å². The number of carbonyl (C=O) groups excluding carboxylic acids is 1. The molecule has 4 aromatic rings. The van der Waals surface area contributed by atoms with Gasteiger partial charge in [-0.25, -0.2) is 4.79 Å². The molecule has 2 fully saturated rings. The molecular formula is C40H48N4O4. The second kappa shape index (κ2) is 16.4. The number of urea groups is 1. The molecule has 0 aliphatic carbocycles. The molecule has 0 radical (unpaired) electrons. The molecule has 0 unspecified atom stereocenters. The van der Waals surface area contributed by atoms with Gasteiger partial charge in [-0.05, 0) is 40.3 Å². The van der Waals surface area contributed by atoms with Gasteiger partial charge in [0.2, 0.25) is 0 Å². The first-order chi connectivity index (χ1) is 23.5. The van der Waals surface area contributed by atoms with E-state index in [0.29, 0.717) is 13.1 Å². The van der Waals surface area contributed by atoms with Crippen LogP contribution in [0.2, 0.25) is 0 Å². The maximum absolute atomic E-state index is 12.0. The van der Waals surface area contributed by atoms with Gasteiger partial charge in [0.25, 0.3) is 0 Å². The van der Waals surface area contributed by atoms with Gasteiger partial charge < -0.3 is 25.2 Å². The average molecular weight is 649 g/mol. The van der Waals surface area contributed by atoms with Crippen molar-refractivity contribution in [3.63, 3.8) is 0 Å². The van der Waals surface area contributed by atoms with Crippen LogP contribution in [0, 0.1) is 5.92 Å². The molecule has 252 valence electrons. The lowest BCUT2D eigenvalue weighted by atomic mass is 9.89. The number of amides is 2. The number of hydrogen-bond donors (Lipinski definition) is 3. The van der Waals surface area contributed by atoms with Gasteiger partial charge in [0.1, 0.15) is 0 Å². The molecular weight excluding hydrogens is 600 g/mol. The maximum atomic E-state index is 12.0. The lowest BCUT2D eigenvalue weighted by Crippen LogP contribution is -2.51. The molecule has 0 aromatic heterocycles. The van der Waals surface area contributed by atoms with Gasteiger partial charge in [0, 0.05) is 63.8 Å². The summed E-state index contributed by atoms with van der Waals surface area (Å²) < 4.78 is 13.5. The van der Waals surface area contributed by atoms with Crippen LogP contribution in [0.5, 0.6) is 0 Å². The first-order valence-electron chi connectivity index (χ1n) is 17.2. The predicted molar refractivity (Wildman–Crippen MR) is 189 cm³/mol. The Hall–Kier alpha value is -4.05. The van der Waals surface area contributed by atoms with E-state index in [-0.39, 0.29) is 30.8 Å². The number of benzene rings is 4. The number of hydrogen-bond acceptors (Lipinski definition) is 6. The summed E-state index contributed by atoms with van der Waals surface area (Å²) in [4.78, 5) is 17.1. The van der Waals surface area contributed by atoms with Crippen molar-refractivity contribution >= 4 is 6.03 Å². The van der Waals surface area contributed by atoms with Crippen LogP contribution in [0.1, 0.15) is 54.1 Å². The molecule has 3 N–H and O–H groups in total. The summed E-state index contributed by atoms with van der Waals surface area (Å²) >= 11 is 0. The topological polar surface area (TPSA) is 86.3 Å². The van der Waals surface area contributed by atoms with E-state index in [2.05, 4.69) is 100 Å². The third-order valence-electron chi connectivity index (χ3n) is 9.56. The minimum atomic E-state index is -0.517. The van der Waals surface area contributed by atoms with Gasteiger partial charge in [0.15, 0.2) is 6.29 Å². The second-order valence-corrected chi connectivity index (χ2v) is 12.9. The second-order valence-electron chi connectivity index (χ2n) is 12.9. The van der Waals surface area contributed by atoms with Gasteiger partial charge >= 0.3 is 6.03 Å². The molecule has 0 saturated carbocycles. The molecule has 8 nitrogen and oxygen atoms in total. The van der Waals surface area contributed by atoms with Crippen LogP contribution in [0.3, 0.4) is 0 Å². The highest BCUT2D eigenvalue weighted by molar-refractivity contribution is 5.74. The molecule has 2 heterocycles. The van der Waals surface area contributed by atoms with E-state index in [1.54, 1.807) is 0 Å². The number of rotatable bonds is 11. The minimum Gasteiger partial charge on any atom is -0.392 e. The standard InChI is InChI=1S/C40H48N4O4/c1-3-41-40(46)42-25-35-11-7-8-12-36(35)32-17-19-34(20-18-32)39-47-37(29(2)38(48-39)33-15-13-31(28-45)14-16-33)27-44-23-21-43(22-24-44)26-30-9-5-4-6-10-30/h4-20,29,37-39,45H,3,21-28H2,1-2H3,(H2,41,42,46)/t29-,37+,38+,39+/m1/s1. The first-order valence-corrected chi connectivity index (χ1v) is 17.2. The summed E-state index contributed by atoms with van der Waals surface area (Å²) in [6, 6.07) is 35.2. The van der Waals surface area contributed by atoms with Crippen molar-refractivity contribution in [3.05, 3.63) is 131 Å². The largest absolute Gasteiger partial charge is 0.392 e. The minimum absolute atomic E-state index is 0.0173. The molecule has 2 aliphatic rings. The number of nitrogens with one attached hydrogen (secondary N) is 2. The summed E-state index contributed by atoms with van der Waals surface area (Å²) in [7, 11) is 0. The number of carbonyl (C=O) groups is 1. The lowest BCUT2D eigenvalue weighted by Gasteiger charge is -2.44. The van der Waals surface area contributed by atoms with Crippen LogP contribution >= 0.6 is 0 Å². The molecule has 2 amide bonds. The van der Waals surface area contributed by atoms with E-state index in [1.807, 2.05) is 37.3 Å². The van der Waals surface area contributed by atoms with E-state index < -0.39 is 6.29 Å². The molecule has 2 aliphatic heterocycles. The van der Waals surface area contributed by atoms with Crippen LogP contribution < -0.4 is 10.6 Å². The zero-order valence-electron chi connectivity index (χ0n) is 28.1. The Bertz CT molecular complexity index is 1590. The summed E-state index contributed by atoms with van der Waals surface area (Å²) in [6.45, 7) is 11.1. The Morgan fingerprint density at radius 3 is 2.15 bits per heavy atom.